The summed E-state index contributed by atoms with van der Waals surface area (Å²) in [6.07, 6.45) is 2.88. The van der Waals surface area contributed by atoms with Gasteiger partial charge in [-0.25, -0.2) is 0 Å². The van der Waals surface area contributed by atoms with Gasteiger partial charge in [-0.1, -0.05) is 0 Å². The van der Waals surface area contributed by atoms with Crippen LogP contribution < -0.4 is 9.78 Å². The molecule has 2 rings (SSSR count). The van der Waals surface area contributed by atoms with Gasteiger partial charge >= 0.3 is 179 Å². The molecule has 1 aliphatic rings. The fraction of sp³-hybridized carbons (Fsp3) is 0.500. The van der Waals surface area contributed by atoms with Crippen molar-refractivity contribution in [2.75, 3.05) is 0 Å². The molecule has 1 heterocycles. The van der Waals surface area contributed by atoms with Crippen molar-refractivity contribution in [3.63, 3.8) is 0 Å². The van der Waals surface area contributed by atoms with Gasteiger partial charge < -0.3 is 0 Å². The van der Waals surface area contributed by atoms with Crippen LogP contribution in [0.1, 0.15) is 47.5 Å². The normalized spacial score (nSPS) is 19.8. The monoisotopic (exact) mass is 466 g/mol. The third-order valence-corrected chi connectivity index (χ3v) is 6.86. The van der Waals surface area contributed by atoms with Crippen LogP contribution in [0.2, 0.25) is 5.32 Å². The third kappa shape index (κ3) is 6.72. The average Bonchev–Trinajstić information content (AvgIpc) is 3.07. The van der Waals surface area contributed by atoms with E-state index in [1.807, 2.05) is 39.0 Å². The number of esters is 1. The van der Waals surface area contributed by atoms with Crippen LogP contribution in [0.15, 0.2) is 42.1 Å². The number of amides is 2. The Bertz CT molecular complexity index is 771. The van der Waals surface area contributed by atoms with Crippen molar-refractivity contribution < 1.29 is 19.1 Å². The molecule has 1 aromatic rings. The molecule has 2 atom stereocenters. The number of hydrogen-bond acceptors (Lipinski definition) is 4. The van der Waals surface area contributed by atoms with Crippen molar-refractivity contribution in [2.45, 2.75) is 70.5 Å². The van der Waals surface area contributed by atoms with E-state index in [9.17, 15) is 14.4 Å². The minimum atomic E-state index is -0.637. The first-order valence-electron chi connectivity index (χ1n) is 9.79. The molecule has 1 aliphatic heterocycles. The van der Waals surface area contributed by atoms with Crippen molar-refractivity contribution in [1.29, 1.82) is 0 Å². The fourth-order valence-corrected chi connectivity index (χ4v) is 5.47. The number of carbonyl (C=O) groups excluding carboxylic acids is 3. The summed E-state index contributed by atoms with van der Waals surface area (Å²) in [6, 6.07) is 9.46. The van der Waals surface area contributed by atoms with E-state index in [0.717, 1.165) is 11.7 Å². The molecule has 0 bridgehead atoms. The molecule has 158 valence electrons. The predicted octanol–water partition coefficient (Wildman–Crippen LogP) is 2.18. The van der Waals surface area contributed by atoms with Gasteiger partial charge in [-0.05, 0) is 0 Å². The first kappa shape index (κ1) is 23.2. The zero-order valence-corrected chi connectivity index (χ0v) is 19.4. The van der Waals surface area contributed by atoms with Gasteiger partial charge in [0.15, 0.2) is 0 Å². The molecule has 0 unspecified atom stereocenters. The van der Waals surface area contributed by atoms with E-state index in [4.69, 9.17) is 4.74 Å². The zero-order chi connectivity index (χ0) is 21.6. The van der Waals surface area contributed by atoms with Gasteiger partial charge in [0, 0.05) is 0 Å². The van der Waals surface area contributed by atoms with E-state index in [2.05, 4.69) is 17.4 Å². The van der Waals surface area contributed by atoms with Gasteiger partial charge in [0.2, 0.25) is 0 Å². The molecule has 0 aliphatic carbocycles. The summed E-state index contributed by atoms with van der Waals surface area (Å²) in [6.45, 7) is 8.51. The second-order valence-corrected chi connectivity index (χ2v) is 10.3. The third-order valence-electron chi connectivity index (χ3n) is 4.43. The summed E-state index contributed by atoms with van der Waals surface area (Å²) >= 11 is 0.178. The Kier molecular flexibility index (Phi) is 8.05. The summed E-state index contributed by atoms with van der Waals surface area (Å²) in [5, 5.41) is 3.40. The number of allylic oxidation sites excluding steroid dienone is 1. The van der Waals surface area contributed by atoms with E-state index in [0.29, 0.717) is 6.42 Å². The number of likely N-dealkylation sites (tertiary alicyclic amines) is 1. The summed E-state index contributed by atoms with van der Waals surface area (Å²) < 4.78 is 6.82. The second kappa shape index (κ2) is 10.1. The Labute approximate surface area is 179 Å². The van der Waals surface area contributed by atoms with E-state index in [1.54, 1.807) is 17.9 Å². The molecular formula is C22H30N2O4Se. The van der Waals surface area contributed by atoms with Crippen molar-refractivity contribution >= 4 is 37.2 Å². The Morgan fingerprint density at radius 2 is 1.86 bits per heavy atom. The van der Waals surface area contributed by atoms with Gasteiger partial charge in [-0.3, -0.25) is 0 Å². The standard InChI is InChI=1S/C22H30N2O4Se/c1-6-18(23-15(2)25)20(26)24-16(14-29-17-10-8-7-9-11-17)12-13-19(24)21(27)28-22(3,4)5/h6-11,16,19H,12-14H2,1-5H3,(H,23,25)/t16-,19+/m1/s1. The molecule has 1 saturated heterocycles. The van der Waals surface area contributed by atoms with Crippen molar-refractivity contribution in [2.24, 2.45) is 0 Å². The van der Waals surface area contributed by atoms with Crippen LogP contribution in [0, 0.1) is 0 Å². The van der Waals surface area contributed by atoms with E-state index in [1.165, 1.54) is 11.4 Å². The van der Waals surface area contributed by atoms with Crippen LogP contribution in [0.25, 0.3) is 0 Å². The Morgan fingerprint density at radius 3 is 2.41 bits per heavy atom. The number of nitrogens with one attached hydrogen (secondary N) is 1. The van der Waals surface area contributed by atoms with Crippen LogP contribution in [0.5, 0.6) is 0 Å². The van der Waals surface area contributed by atoms with Gasteiger partial charge in [0.25, 0.3) is 0 Å². The zero-order valence-electron chi connectivity index (χ0n) is 17.7. The van der Waals surface area contributed by atoms with Gasteiger partial charge in [0.1, 0.15) is 0 Å². The summed E-state index contributed by atoms with van der Waals surface area (Å²) in [7, 11) is 0. The van der Waals surface area contributed by atoms with E-state index in [-0.39, 0.29) is 44.5 Å². The molecule has 0 aromatic heterocycles. The number of hydrogen-bond donors (Lipinski definition) is 1. The summed E-state index contributed by atoms with van der Waals surface area (Å²) in [4.78, 5) is 39.2. The molecule has 1 N–H and O–H groups in total. The Balaban J connectivity index is 2.23. The molecule has 0 saturated carbocycles. The first-order chi connectivity index (χ1) is 13.6. The van der Waals surface area contributed by atoms with E-state index < -0.39 is 11.6 Å². The van der Waals surface area contributed by atoms with Crippen molar-refractivity contribution in [3.05, 3.63) is 42.1 Å². The summed E-state index contributed by atoms with van der Waals surface area (Å²) in [5.41, 5.74) is -0.427. The molecule has 1 fully saturated rings. The number of nitrogens with zero attached hydrogens (tertiary/aromatic N) is 1. The SMILES string of the molecule is CC=C(NC(C)=O)C(=O)N1[C@@H](C[Se]c2ccccc2)CC[C@H]1C(=O)OC(C)(C)C. The number of benzene rings is 1. The molecule has 0 spiro atoms. The number of carbonyl (C=O) groups is 3. The maximum absolute atomic E-state index is 13.3. The Hall–Kier alpha value is -2.11. The predicted molar refractivity (Wildman–Crippen MR) is 114 cm³/mol. The van der Waals surface area contributed by atoms with Crippen molar-refractivity contribution in [3.8, 4) is 0 Å². The number of ether oxygens (including phenoxy) is 1. The van der Waals surface area contributed by atoms with Crippen LogP contribution in [0.4, 0.5) is 0 Å². The van der Waals surface area contributed by atoms with Crippen LogP contribution in [-0.2, 0) is 19.1 Å². The van der Waals surface area contributed by atoms with Crippen molar-refractivity contribution in [1.82, 2.24) is 10.2 Å². The molecule has 0 radical (unpaired) electrons. The van der Waals surface area contributed by atoms with Crippen LogP contribution in [0.3, 0.4) is 0 Å². The average molecular weight is 465 g/mol. The molecule has 6 nitrogen and oxygen atoms in total. The second-order valence-electron chi connectivity index (χ2n) is 8.00. The maximum atomic E-state index is 13.3. The molecule has 29 heavy (non-hydrogen) atoms. The van der Waals surface area contributed by atoms with Crippen LogP contribution >= 0.6 is 0 Å². The van der Waals surface area contributed by atoms with Gasteiger partial charge in [-0.15, -0.1) is 0 Å². The van der Waals surface area contributed by atoms with Crippen LogP contribution in [-0.4, -0.2) is 55.3 Å². The molecule has 1 aromatic carbocycles. The van der Waals surface area contributed by atoms with Gasteiger partial charge in [-0.2, -0.15) is 0 Å². The summed E-state index contributed by atoms with van der Waals surface area (Å²) in [5.74, 6) is -1.03. The van der Waals surface area contributed by atoms with E-state index >= 15 is 0 Å². The minimum absolute atomic E-state index is 0.0658. The Morgan fingerprint density at radius 1 is 1.21 bits per heavy atom. The first-order valence-corrected chi connectivity index (χ1v) is 11.9. The van der Waals surface area contributed by atoms with Gasteiger partial charge in [0.05, 0.1) is 0 Å². The fourth-order valence-electron chi connectivity index (χ4n) is 3.24. The topological polar surface area (TPSA) is 75.7 Å². The number of rotatable bonds is 6. The quantitative estimate of drug-likeness (QED) is 0.397. The molecule has 2 amide bonds. The molecule has 7 heteroatoms. The molecular weight excluding hydrogens is 435 g/mol.